The minimum Gasteiger partial charge on any atom is -0.497 e. The fourth-order valence-electron chi connectivity index (χ4n) is 1.89. The monoisotopic (exact) mass is 368 g/mol. The number of hydrogen-bond acceptors (Lipinski definition) is 3. The molecular formula is C15H14BrClN2O2. The summed E-state index contributed by atoms with van der Waals surface area (Å²) in [6, 6.07) is 10.2. The lowest BCUT2D eigenvalue weighted by molar-refractivity contribution is 0.0992. The minimum absolute atomic E-state index is 0.213. The number of anilines is 2. The number of nitrogen functional groups attached to an aromatic ring is 1. The molecular weight excluding hydrogens is 356 g/mol. The molecule has 4 nitrogen and oxygen atoms in total. The Labute approximate surface area is 136 Å². The first-order valence-electron chi connectivity index (χ1n) is 6.10. The van der Waals surface area contributed by atoms with Crippen LogP contribution in [0.1, 0.15) is 10.4 Å². The maximum Gasteiger partial charge on any atom is 0.259 e. The Morgan fingerprint density at radius 1 is 1.29 bits per heavy atom. The van der Waals surface area contributed by atoms with Crippen LogP contribution < -0.4 is 15.4 Å². The first kappa shape index (κ1) is 15.7. The van der Waals surface area contributed by atoms with E-state index in [2.05, 4.69) is 15.9 Å². The summed E-state index contributed by atoms with van der Waals surface area (Å²) in [6.45, 7) is 0. The average Bonchev–Trinajstić information content (AvgIpc) is 2.49. The van der Waals surface area contributed by atoms with Gasteiger partial charge in [-0.2, -0.15) is 0 Å². The number of benzene rings is 2. The third-order valence-corrected chi connectivity index (χ3v) is 3.99. The van der Waals surface area contributed by atoms with E-state index in [-0.39, 0.29) is 5.91 Å². The van der Waals surface area contributed by atoms with Gasteiger partial charge in [-0.25, -0.2) is 0 Å². The Bertz CT molecular complexity index is 691. The maximum absolute atomic E-state index is 12.6. The van der Waals surface area contributed by atoms with Crippen molar-refractivity contribution in [3.8, 4) is 5.75 Å². The van der Waals surface area contributed by atoms with Gasteiger partial charge in [-0.1, -0.05) is 11.6 Å². The van der Waals surface area contributed by atoms with Crippen molar-refractivity contribution in [2.24, 2.45) is 0 Å². The highest BCUT2D eigenvalue weighted by molar-refractivity contribution is 9.10. The molecule has 0 saturated heterocycles. The molecule has 0 spiro atoms. The Kier molecular flexibility index (Phi) is 4.75. The number of nitrogens with zero attached hydrogens (tertiary/aromatic N) is 1. The van der Waals surface area contributed by atoms with Crippen molar-refractivity contribution in [2.75, 3.05) is 24.8 Å². The van der Waals surface area contributed by atoms with E-state index in [0.717, 1.165) is 0 Å². The molecule has 6 heteroatoms. The van der Waals surface area contributed by atoms with E-state index in [0.29, 0.717) is 32.2 Å². The van der Waals surface area contributed by atoms with Crippen molar-refractivity contribution in [2.45, 2.75) is 0 Å². The second-order valence-corrected chi connectivity index (χ2v) is 5.70. The Hall–Kier alpha value is -1.72. The van der Waals surface area contributed by atoms with Crippen LogP contribution in [-0.4, -0.2) is 20.1 Å². The number of hydrogen-bond donors (Lipinski definition) is 1. The quantitative estimate of drug-likeness (QED) is 0.833. The molecule has 1 amide bonds. The van der Waals surface area contributed by atoms with E-state index < -0.39 is 0 Å². The summed E-state index contributed by atoms with van der Waals surface area (Å²) in [6.07, 6.45) is 0. The summed E-state index contributed by atoms with van der Waals surface area (Å²) in [5.74, 6) is 0.392. The molecule has 0 heterocycles. The van der Waals surface area contributed by atoms with Gasteiger partial charge in [0, 0.05) is 16.5 Å². The predicted molar refractivity (Wildman–Crippen MR) is 89.3 cm³/mol. The van der Waals surface area contributed by atoms with Gasteiger partial charge in [-0.15, -0.1) is 0 Å². The van der Waals surface area contributed by atoms with Gasteiger partial charge in [0.25, 0.3) is 5.91 Å². The normalized spacial score (nSPS) is 10.3. The van der Waals surface area contributed by atoms with Crippen molar-refractivity contribution in [3.63, 3.8) is 0 Å². The number of nitrogens with two attached hydrogens (primary N) is 1. The first-order chi connectivity index (χ1) is 9.93. The van der Waals surface area contributed by atoms with E-state index in [4.69, 9.17) is 22.1 Å². The lowest BCUT2D eigenvalue weighted by Gasteiger charge is -2.20. The Morgan fingerprint density at radius 2 is 2.00 bits per heavy atom. The second kappa shape index (κ2) is 6.37. The van der Waals surface area contributed by atoms with E-state index in [9.17, 15) is 4.79 Å². The molecule has 0 atom stereocenters. The third kappa shape index (κ3) is 3.31. The maximum atomic E-state index is 12.6. The van der Waals surface area contributed by atoms with Gasteiger partial charge in [0.15, 0.2) is 0 Å². The summed E-state index contributed by atoms with van der Waals surface area (Å²) in [7, 11) is 3.20. The van der Waals surface area contributed by atoms with Crippen molar-refractivity contribution < 1.29 is 9.53 Å². The highest BCUT2D eigenvalue weighted by Crippen LogP contribution is 2.29. The first-order valence-corrected chi connectivity index (χ1v) is 7.27. The molecule has 0 fully saturated rings. The molecule has 0 saturated carbocycles. The fraction of sp³-hybridized carbons (Fsp3) is 0.133. The lowest BCUT2D eigenvalue weighted by Crippen LogP contribution is -2.27. The van der Waals surface area contributed by atoms with E-state index >= 15 is 0 Å². The molecule has 2 aromatic rings. The molecule has 0 radical (unpaired) electrons. The van der Waals surface area contributed by atoms with Crippen LogP contribution in [0.4, 0.5) is 11.4 Å². The van der Waals surface area contributed by atoms with Crippen LogP contribution >= 0.6 is 27.5 Å². The molecule has 0 bridgehead atoms. The van der Waals surface area contributed by atoms with Gasteiger partial charge >= 0.3 is 0 Å². The highest BCUT2D eigenvalue weighted by atomic mass is 79.9. The van der Waals surface area contributed by atoms with E-state index in [1.54, 1.807) is 50.6 Å². The zero-order valence-corrected chi connectivity index (χ0v) is 13.9. The molecule has 2 rings (SSSR count). The molecule has 0 aliphatic rings. The number of rotatable bonds is 3. The van der Waals surface area contributed by atoms with Crippen molar-refractivity contribution in [1.29, 1.82) is 0 Å². The van der Waals surface area contributed by atoms with Gasteiger partial charge in [-0.05, 0) is 52.3 Å². The lowest BCUT2D eigenvalue weighted by atomic mass is 10.1. The van der Waals surface area contributed by atoms with Crippen molar-refractivity contribution in [1.82, 2.24) is 0 Å². The van der Waals surface area contributed by atoms with Crippen molar-refractivity contribution in [3.05, 3.63) is 51.5 Å². The highest BCUT2D eigenvalue weighted by Gasteiger charge is 2.19. The topological polar surface area (TPSA) is 55.6 Å². The fourth-order valence-corrected chi connectivity index (χ4v) is 2.48. The zero-order chi connectivity index (χ0) is 15.6. The number of halogens is 2. The third-order valence-electron chi connectivity index (χ3n) is 3.06. The van der Waals surface area contributed by atoms with Gasteiger partial charge in [0.1, 0.15) is 5.75 Å². The summed E-state index contributed by atoms with van der Waals surface area (Å²) in [5.41, 5.74) is 7.43. The van der Waals surface area contributed by atoms with Crippen molar-refractivity contribution >= 4 is 44.8 Å². The van der Waals surface area contributed by atoms with Gasteiger partial charge < -0.3 is 15.4 Å². The summed E-state index contributed by atoms with van der Waals surface area (Å²) in [5, 5.41) is 0.517. The minimum atomic E-state index is -0.213. The zero-order valence-electron chi connectivity index (χ0n) is 11.6. The number of carbonyl (C=O) groups is 1. The van der Waals surface area contributed by atoms with Crippen LogP contribution in [0.25, 0.3) is 0 Å². The number of ether oxygens (including phenoxy) is 1. The largest absolute Gasteiger partial charge is 0.497 e. The van der Waals surface area contributed by atoms with Gasteiger partial charge in [0.2, 0.25) is 0 Å². The predicted octanol–water partition coefficient (Wildman–Crippen LogP) is 3.97. The van der Waals surface area contributed by atoms with E-state index in [1.165, 1.54) is 4.90 Å². The van der Waals surface area contributed by atoms with Crippen LogP contribution in [0.15, 0.2) is 40.9 Å². The number of methoxy groups -OCH3 is 1. The van der Waals surface area contributed by atoms with Crippen LogP contribution in [0.5, 0.6) is 5.75 Å². The summed E-state index contributed by atoms with van der Waals surface area (Å²) < 4.78 is 5.83. The smallest absolute Gasteiger partial charge is 0.259 e. The SMILES string of the molecule is COc1ccc(Br)c(C(=O)N(C)c2cc(Cl)ccc2N)c1. The van der Waals surface area contributed by atoms with Crippen LogP contribution in [0.3, 0.4) is 0 Å². The molecule has 0 aliphatic heterocycles. The molecule has 2 aromatic carbocycles. The number of carbonyl (C=O) groups excluding carboxylic acids is 1. The van der Waals surface area contributed by atoms with Crippen LogP contribution in [-0.2, 0) is 0 Å². The Balaban J connectivity index is 2.41. The Morgan fingerprint density at radius 3 is 2.67 bits per heavy atom. The van der Waals surface area contributed by atoms with Crippen LogP contribution in [0, 0.1) is 0 Å². The number of amides is 1. The summed E-state index contributed by atoms with van der Waals surface area (Å²) >= 11 is 9.34. The standard InChI is InChI=1S/C15H14BrClN2O2/c1-19(14-7-9(17)3-6-13(14)18)15(20)11-8-10(21-2)4-5-12(11)16/h3-8H,18H2,1-2H3. The average molecular weight is 370 g/mol. The molecule has 0 aliphatic carbocycles. The molecule has 0 aromatic heterocycles. The summed E-state index contributed by atoms with van der Waals surface area (Å²) in [4.78, 5) is 14.1. The molecule has 110 valence electrons. The molecule has 0 unspecified atom stereocenters. The van der Waals surface area contributed by atoms with Crippen LogP contribution in [0.2, 0.25) is 5.02 Å². The second-order valence-electron chi connectivity index (χ2n) is 4.41. The molecule has 21 heavy (non-hydrogen) atoms. The van der Waals surface area contributed by atoms with E-state index in [1.807, 2.05) is 0 Å². The molecule has 2 N–H and O–H groups in total. The van der Waals surface area contributed by atoms with Gasteiger partial charge in [-0.3, -0.25) is 4.79 Å². The van der Waals surface area contributed by atoms with Gasteiger partial charge in [0.05, 0.1) is 24.0 Å².